The Morgan fingerprint density at radius 2 is 1.80 bits per heavy atom. The number of nitrogens with zero attached hydrogens (tertiary/aromatic N) is 1. The van der Waals surface area contributed by atoms with Gasteiger partial charge >= 0.3 is 0 Å². The molecule has 110 valence electrons. The maximum Gasteiger partial charge on any atom is 0.254 e. The van der Waals surface area contributed by atoms with Gasteiger partial charge in [-0.25, -0.2) is 0 Å². The van der Waals surface area contributed by atoms with E-state index in [1.807, 2.05) is 36.9 Å². The molecule has 2 N–H and O–H groups in total. The molecule has 0 heterocycles. The quantitative estimate of drug-likeness (QED) is 0.917. The van der Waals surface area contributed by atoms with Gasteiger partial charge < -0.3 is 10.6 Å². The molecular weight excluding hydrogens is 248 g/mol. The van der Waals surface area contributed by atoms with Crippen molar-refractivity contribution in [3.05, 3.63) is 34.9 Å². The standard InChI is InChI=1S/C17H26N2O/c1-13-7-6-8-14(2)16(13)17(20)19(12-11-18)15-9-4-3-5-10-15/h6-8,15H,3-5,9-12,18H2,1-2H3. The lowest BCUT2D eigenvalue weighted by Crippen LogP contribution is -2.44. The van der Waals surface area contributed by atoms with Crippen LogP contribution in [0, 0.1) is 13.8 Å². The van der Waals surface area contributed by atoms with Crippen LogP contribution in [-0.4, -0.2) is 29.9 Å². The lowest BCUT2D eigenvalue weighted by atomic mass is 9.92. The van der Waals surface area contributed by atoms with Crippen LogP contribution in [0.25, 0.3) is 0 Å². The molecule has 3 heteroatoms. The van der Waals surface area contributed by atoms with Crippen molar-refractivity contribution in [2.45, 2.75) is 52.0 Å². The Labute approximate surface area is 122 Å². The predicted octanol–water partition coefficient (Wildman–Crippen LogP) is 3.04. The number of aryl methyl sites for hydroxylation is 2. The fraction of sp³-hybridized carbons (Fsp3) is 0.588. The fourth-order valence-electron chi connectivity index (χ4n) is 3.28. The average Bonchev–Trinajstić information content (AvgIpc) is 2.45. The minimum atomic E-state index is 0.165. The summed E-state index contributed by atoms with van der Waals surface area (Å²) in [5, 5.41) is 0. The molecule has 1 aromatic carbocycles. The summed E-state index contributed by atoms with van der Waals surface area (Å²) in [7, 11) is 0. The monoisotopic (exact) mass is 274 g/mol. The number of nitrogens with two attached hydrogens (primary N) is 1. The average molecular weight is 274 g/mol. The molecule has 0 atom stereocenters. The minimum absolute atomic E-state index is 0.165. The predicted molar refractivity (Wildman–Crippen MR) is 82.9 cm³/mol. The van der Waals surface area contributed by atoms with Crippen LogP contribution in [0.3, 0.4) is 0 Å². The summed E-state index contributed by atoms with van der Waals surface area (Å²) in [6, 6.07) is 6.41. The molecular formula is C17H26N2O. The van der Waals surface area contributed by atoms with Crippen LogP contribution in [0.2, 0.25) is 0 Å². The van der Waals surface area contributed by atoms with Crippen LogP contribution in [0.15, 0.2) is 18.2 Å². The van der Waals surface area contributed by atoms with Crippen LogP contribution in [0.4, 0.5) is 0 Å². The van der Waals surface area contributed by atoms with E-state index in [9.17, 15) is 4.79 Å². The summed E-state index contributed by atoms with van der Waals surface area (Å²) in [5.41, 5.74) is 8.73. The van der Waals surface area contributed by atoms with Crippen molar-refractivity contribution in [1.29, 1.82) is 0 Å². The van der Waals surface area contributed by atoms with E-state index in [4.69, 9.17) is 5.73 Å². The first-order valence-electron chi connectivity index (χ1n) is 7.72. The van der Waals surface area contributed by atoms with Gasteiger partial charge in [-0.3, -0.25) is 4.79 Å². The van der Waals surface area contributed by atoms with E-state index < -0.39 is 0 Å². The van der Waals surface area contributed by atoms with E-state index in [0.29, 0.717) is 19.1 Å². The van der Waals surface area contributed by atoms with Gasteiger partial charge in [0, 0.05) is 24.7 Å². The number of benzene rings is 1. The van der Waals surface area contributed by atoms with Crippen LogP contribution >= 0.6 is 0 Å². The summed E-state index contributed by atoms with van der Waals surface area (Å²) < 4.78 is 0. The first-order chi connectivity index (χ1) is 9.65. The molecule has 2 rings (SSSR count). The van der Waals surface area contributed by atoms with Crippen molar-refractivity contribution >= 4 is 5.91 Å². The SMILES string of the molecule is Cc1cccc(C)c1C(=O)N(CCN)C1CCCCC1. The molecule has 1 aromatic rings. The largest absolute Gasteiger partial charge is 0.334 e. The summed E-state index contributed by atoms with van der Waals surface area (Å²) in [6.07, 6.45) is 6.00. The zero-order valence-corrected chi connectivity index (χ0v) is 12.7. The molecule has 0 radical (unpaired) electrons. The highest BCUT2D eigenvalue weighted by atomic mass is 16.2. The van der Waals surface area contributed by atoms with Gasteiger partial charge in [0.2, 0.25) is 0 Å². The third kappa shape index (κ3) is 3.21. The molecule has 0 bridgehead atoms. The molecule has 0 unspecified atom stereocenters. The Bertz CT molecular complexity index is 444. The lowest BCUT2D eigenvalue weighted by Gasteiger charge is -2.35. The van der Waals surface area contributed by atoms with Gasteiger partial charge in [-0.15, -0.1) is 0 Å². The zero-order valence-electron chi connectivity index (χ0n) is 12.7. The van der Waals surface area contributed by atoms with Crippen LogP contribution < -0.4 is 5.73 Å². The Balaban J connectivity index is 2.26. The number of carbonyl (C=O) groups is 1. The number of hydrogen-bond acceptors (Lipinski definition) is 2. The number of hydrogen-bond donors (Lipinski definition) is 1. The molecule has 1 fully saturated rings. The van der Waals surface area contributed by atoms with Gasteiger partial charge in [0.15, 0.2) is 0 Å². The molecule has 1 aliphatic carbocycles. The molecule has 0 spiro atoms. The second kappa shape index (κ2) is 6.89. The van der Waals surface area contributed by atoms with Crippen molar-refractivity contribution in [1.82, 2.24) is 4.90 Å². The zero-order chi connectivity index (χ0) is 14.5. The molecule has 3 nitrogen and oxygen atoms in total. The lowest BCUT2D eigenvalue weighted by molar-refractivity contribution is 0.0640. The van der Waals surface area contributed by atoms with E-state index in [-0.39, 0.29) is 5.91 Å². The molecule has 1 amide bonds. The maximum atomic E-state index is 12.9. The molecule has 0 aromatic heterocycles. The highest BCUT2D eigenvalue weighted by Crippen LogP contribution is 2.25. The molecule has 20 heavy (non-hydrogen) atoms. The number of amides is 1. The van der Waals surface area contributed by atoms with Gasteiger partial charge in [0.1, 0.15) is 0 Å². The molecule has 1 saturated carbocycles. The van der Waals surface area contributed by atoms with Crippen molar-refractivity contribution in [2.75, 3.05) is 13.1 Å². The first kappa shape index (κ1) is 15.0. The topological polar surface area (TPSA) is 46.3 Å². The first-order valence-corrected chi connectivity index (χ1v) is 7.72. The Kier molecular flexibility index (Phi) is 5.18. The Morgan fingerprint density at radius 1 is 1.20 bits per heavy atom. The van der Waals surface area contributed by atoms with Gasteiger partial charge in [-0.2, -0.15) is 0 Å². The smallest absolute Gasteiger partial charge is 0.254 e. The summed E-state index contributed by atoms with van der Waals surface area (Å²) in [5.74, 6) is 0.165. The fourth-order valence-corrected chi connectivity index (χ4v) is 3.28. The normalized spacial score (nSPS) is 16.1. The third-order valence-corrected chi connectivity index (χ3v) is 4.34. The highest BCUT2D eigenvalue weighted by molar-refractivity contribution is 5.97. The summed E-state index contributed by atoms with van der Waals surface area (Å²) in [4.78, 5) is 15.0. The van der Waals surface area contributed by atoms with E-state index in [0.717, 1.165) is 29.5 Å². The second-order valence-electron chi connectivity index (χ2n) is 5.85. The molecule has 1 aliphatic rings. The van der Waals surface area contributed by atoms with Gasteiger partial charge in [0.25, 0.3) is 5.91 Å². The van der Waals surface area contributed by atoms with E-state index in [2.05, 4.69) is 0 Å². The highest BCUT2D eigenvalue weighted by Gasteiger charge is 2.27. The van der Waals surface area contributed by atoms with Gasteiger partial charge in [-0.1, -0.05) is 37.5 Å². The van der Waals surface area contributed by atoms with Crippen molar-refractivity contribution in [3.8, 4) is 0 Å². The van der Waals surface area contributed by atoms with Crippen LogP contribution in [0.1, 0.15) is 53.6 Å². The maximum absolute atomic E-state index is 12.9. The van der Waals surface area contributed by atoms with Crippen molar-refractivity contribution < 1.29 is 4.79 Å². The van der Waals surface area contributed by atoms with Gasteiger partial charge in [0.05, 0.1) is 0 Å². The minimum Gasteiger partial charge on any atom is -0.334 e. The van der Waals surface area contributed by atoms with E-state index in [1.54, 1.807) is 0 Å². The summed E-state index contributed by atoms with van der Waals surface area (Å²) >= 11 is 0. The molecule has 0 aliphatic heterocycles. The van der Waals surface area contributed by atoms with E-state index in [1.165, 1.54) is 19.3 Å². The number of carbonyl (C=O) groups excluding carboxylic acids is 1. The van der Waals surface area contributed by atoms with Gasteiger partial charge in [-0.05, 0) is 37.8 Å². The van der Waals surface area contributed by atoms with Crippen LogP contribution in [0.5, 0.6) is 0 Å². The second-order valence-corrected chi connectivity index (χ2v) is 5.85. The van der Waals surface area contributed by atoms with Crippen molar-refractivity contribution in [2.24, 2.45) is 5.73 Å². The number of rotatable bonds is 4. The molecule has 0 saturated heterocycles. The van der Waals surface area contributed by atoms with E-state index >= 15 is 0 Å². The Morgan fingerprint density at radius 3 is 2.35 bits per heavy atom. The Hall–Kier alpha value is -1.35. The van der Waals surface area contributed by atoms with Crippen LogP contribution in [-0.2, 0) is 0 Å². The third-order valence-electron chi connectivity index (χ3n) is 4.34. The van der Waals surface area contributed by atoms with Crippen molar-refractivity contribution in [3.63, 3.8) is 0 Å². The summed E-state index contributed by atoms with van der Waals surface area (Å²) in [6.45, 7) is 5.23.